The molecule has 6 heterocycles. The molecule has 3 saturated heterocycles. The van der Waals surface area contributed by atoms with Crippen LogP contribution < -0.4 is 15.4 Å². The summed E-state index contributed by atoms with van der Waals surface area (Å²) in [4.78, 5) is 70.5. The van der Waals surface area contributed by atoms with Crippen LogP contribution in [0.15, 0.2) is 53.7 Å². The third-order valence-corrected chi connectivity index (χ3v) is 14.2. The molecular formula is C49H59N7O8. The van der Waals surface area contributed by atoms with E-state index in [0.29, 0.717) is 39.1 Å². The minimum atomic E-state index is -0.710. The maximum atomic E-state index is 14.4. The summed E-state index contributed by atoms with van der Waals surface area (Å²) in [5, 5.41) is 7.80. The van der Waals surface area contributed by atoms with Gasteiger partial charge in [0.15, 0.2) is 0 Å². The van der Waals surface area contributed by atoms with Crippen molar-refractivity contribution in [1.82, 2.24) is 30.4 Å². The first-order valence-corrected chi connectivity index (χ1v) is 22.9. The molecule has 0 spiro atoms. The molecule has 4 aromatic rings. The molecule has 0 radical (unpaired) electrons. The first-order chi connectivity index (χ1) is 31.0. The van der Waals surface area contributed by atoms with E-state index >= 15 is 0 Å². The molecule has 4 amide bonds. The number of H-pyrrole nitrogens is 1. The van der Waals surface area contributed by atoms with Gasteiger partial charge in [0.25, 0.3) is 0 Å². The van der Waals surface area contributed by atoms with Gasteiger partial charge < -0.3 is 44.4 Å². The average molecular weight is 874 g/mol. The zero-order valence-electron chi connectivity index (χ0n) is 37.6. The van der Waals surface area contributed by atoms with E-state index in [1.807, 2.05) is 29.8 Å². The molecule has 6 atom stereocenters. The molecule has 3 aromatic carbocycles. The summed E-state index contributed by atoms with van der Waals surface area (Å²) >= 11 is 0. The van der Waals surface area contributed by atoms with Crippen LogP contribution in [0.25, 0.3) is 33.2 Å². The summed E-state index contributed by atoms with van der Waals surface area (Å²) in [7, 11) is 2.62. The molecule has 0 unspecified atom stereocenters. The van der Waals surface area contributed by atoms with Crippen molar-refractivity contribution in [3.8, 4) is 28.1 Å². The molecule has 9 rings (SSSR count). The predicted octanol–water partition coefficient (Wildman–Crippen LogP) is 7.77. The summed E-state index contributed by atoms with van der Waals surface area (Å²) in [6.07, 6.45) is 6.68. The number of likely N-dealkylation sites (tertiary alicyclic amines) is 2. The lowest BCUT2D eigenvalue weighted by atomic mass is 9.90. The lowest BCUT2D eigenvalue weighted by molar-refractivity contribution is -0.139. The number of ether oxygens (including phenoxy) is 4. The third kappa shape index (κ3) is 7.96. The standard InChI is InChI=1S/C49H59N7O8/c1-7-32-11-15-41(56(32)47(58)44(54-49(60)62-6)28-16-18-63-19-17-28)45-50-24-39(52-45)30-9-12-33-31(20-30)25-64-42-23-34-29(21-36(33)42)10-13-37-35(34)22-38(51-37)40-14-8-27(4)55(40)46(57)43(26(2)3)53-48(59)61-5/h9-10,12-13,20-21,23-24,26-28,32,40-41,43-44H,7-8,11,14-19,22,25H2,1-6H3,(H,50,52)(H,53,59)(H,54,60)/t27-,32-,40-,41-,43-,44-/m0/s1. The normalized spacial score (nSPS) is 22.6. The second kappa shape index (κ2) is 17.9. The first-order valence-electron chi connectivity index (χ1n) is 22.9. The zero-order chi connectivity index (χ0) is 44.8. The maximum Gasteiger partial charge on any atom is 0.407 e. The molecule has 15 heteroatoms. The van der Waals surface area contributed by atoms with Crippen molar-refractivity contribution in [1.29, 1.82) is 0 Å². The highest BCUT2D eigenvalue weighted by atomic mass is 16.5. The predicted molar refractivity (Wildman–Crippen MR) is 241 cm³/mol. The molecule has 3 N–H and O–H groups in total. The smallest absolute Gasteiger partial charge is 0.407 e. The van der Waals surface area contributed by atoms with Gasteiger partial charge in [0.2, 0.25) is 11.8 Å². The van der Waals surface area contributed by atoms with E-state index in [1.54, 1.807) is 0 Å². The van der Waals surface area contributed by atoms with E-state index in [4.69, 9.17) is 28.9 Å². The Morgan fingerprint density at radius 1 is 0.875 bits per heavy atom. The topological polar surface area (TPSA) is 177 Å². The molecule has 1 aromatic heterocycles. The van der Waals surface area contributed by atoms with Crippen LogP contribution in [0.1, 0.15) is 95.6 Å². The van der Waals surface area contributed by atoms with Crippen LogP contribution in [0, 0.1) is 11.8 Å². The molecular weight excluding hydrogens is 815 g/mol. The van der Waals surface area contributed by atoms with Crippen LogP contribution in [0.4, 0.5) is 15.3 Å². The largest absolute Gasteiger partial charge is 0.488 e. The number of methoxy groups -OCH3 is 2. The van der Waals surface area contributed by atoms with Gasteiger partial charge in [0, 0.05) is 43.0 Å². The van der Waals surface area contributed by atoms with Gasteiger partial charge in [0.05, 0.1) is 43.9 Å². The fraction of sp³-hybridized carbons (Fsp3) is 0.510. The summed E-state index contributed by atoms with van der Waals surface area (Å²) in [5.41, 5.74) is 8.01. The number of fused-ring (bicyclic) bond motifs is 6. The molecule has 15 nitrogen and oxygen atoms in total. The number of carbonyl (C=O) groups is 4. The molecule has 5 aliphatic rings. The SMILES string of the molecule is CC[C@H]1CC[C@@H](c2ncc(-c3ccc4c(c3)COc3cc5c6c(ccc5cc3-4)N=C([C@@H]3CC[C@H](C)N3C(=O)[C@@H](NC(=O)OC)C(C)C)C6)[nH]2)N1C(=O)[C@@H](NC(=O)OC)C1CCOCC1. The lowest BCUT2D eigenvalue weighted by Crippen LogP contribution is -2.55. The van der Waals surface area contributed by atoms with Gasteiger partial charge in [-0.15, -0.1) is 0 Å². The Morgan fingerprint density at radius 3 is 2.39 bits per heavy atom. The molecule has 0 saturated carbocycles. The Labute approximate surface area is 373 Å². The summed E-state index contributed by atoms with van der Waals surface area (Å²) in [5.74, 6) is 1.16. The number of benzene rings is 3. The number of rotatable bonds is 10. The number of hydrogen-bond donors (Lipinski definition) is 3. The fourth-order valence-corrected chi connectivity index (χ4v) is 10.7. The van der Waals surface area contributed by atoms with Crippen molar-refractivity contribution in [2.75, 3.05) is 27.4 Å². The highest BCUT2D eigenvalue weighted by molar-refractivity contribution is 6.06. The lowest BCUT2D eigenvalue weighted by Gasteiger charge is -2.36. The number of imidazole rings is 1. The number of aliphatic imine (C=N–C) groups is 1. The molecule has 338 valence electrons. The Morgan fingerprint density at radius 2 is 1.64 bits per heavy atom. The van der Waals surface area contributed by atoms with Crippen LogP contribution in [-0.4, -0.2) is 107 Å². The quantitative estimate of drug-likeness (QED) is 0.144. The van der Waals surface area contributed by atoms with Gasteiger partial charge in [-0.2, -0.15) is 0 Å². The minimum Gasteiger partial charge on any atom is -0.488 e. The monoisotopic (exact) mass is 873 g/mol. The summed E-state index contributed by atoms with van der Waals surface area (Å²) < 4.78 is 21.9. The van der Waals surface area contributed by atoms with Crippen LogP contribution in [-0.2, 0) is 36.8 Å². The van der Waals surface area contributed by atoms with Crippen molar-refractivity contribution in [3.05, 3.63) is 65.6 Å². The number of aromatic amines is 1. The van der Waals surface area contributed by atoms with E-state index in [1.165, 1.54) is 14.2 Å². The molecule has 5 aliphatic heterocycles. The van der Waals surface area contributed by atoms with E-state index < -0.39 is 24.3 Å². The average Bonchev–Trinajstić information content (AvgIpc) is 4.14. The number of hydrogen-bond acceptors (Lipinski definition) is 10. The minimum absolute atomic E-state index is 0.0121. The summed E-state index contributed by atoms with van der Waals surface area (Å²) in [6, 6.07) is 13.1. The number of alkyl carbamates (subject to hydrolysis) is 2. The van der Waals surface area contributed by atoms with Crippen LogP contribution in [0.5, 0.6) is 5.75 Å². The molecule has 0 aliphatic carbocycles. The van der Waals surface area contributed by atoms with E-state index in [2.05, 4.69) is 71.9 Å². The van der Waals surface area contributed by atoms with Gasteiger partial charge in [-0.1, -0.05) is 39.0 Å². The fourth-order valence-electron chi connectivity index (χ4n) is 10.7. The number of nitrogens with zero attached hydrogens (tertiary/aromatic N) is 4. The van der Waals surface area contributed by atoms with E-state index in [9.17, 15) is 19.2 Å². The van der Waals surface area contributed by atoms with E-state index in [-0.39, 0.29) is 47.8 Å². The third-order valence-electron chi connectivity index (χ3n) is 14.2. The van der Waals surface area contributed by atoms with Crippen LogP contribution >= 0.6 is 0 Å². The Kier molecular flexibility index (Phi) is 12.1. The Hall–Kier alpha value is -5.96. The second-order valence-electron chi connectivity index (χ2n) is 18.3. The van der Waals surface area contributed by atoms with Crippen molar-refractivity contribution in [2.45, 2.75) is 122 Å². The van der Waals surface area contributed by atoms with Crippen molar-refractivity contribution < 1.29 is 38.1 Å². The molecule has 3 fully saturated rings. The van der Waals surface area contributed by atoms with E-state index in [0.717, 1.165) is 99.4 Å². The Balaban J connectivity index is 0.938. The Bertz CT molecular complexity index is 2490. The number of carbonyl (C=O) groups excluding carboxylic acids is 4. The van der Waals surface area contributed by atoms with Gasteiger partial charge in [-0.3, -0.25) is 14.6 Å². The maximum absolute atomic E-state index is 14.4. The van der Waals surface area contributed by atoms with Gasteiger partial charge in [0.1, 0.15) is 30.3 Å². The van der Waals surface area contributed by atoms with Crippen LogP contribution in [0.3, 0.4) is 0 Å². The summed E-state index contributed by atoms with van der Waals surface area (Å²) in [6.45, 7) is 9.52. The highest BCUT2D eigenvalue weighted by Gasteiger charge is 2.45. The number of amides is 4. The zero-order valence-corrected chi connectivity index (χ0v) is 37.6. The van der Waals surface area contributed by atoms with Crippen molar-refractivity contribution in [2.24, 2.45) is 16.8 Å². The molecule has 0 bridgehead atoms. The first kappa shape index (κ1) is 43.3. The van der Waals surface area contributed by atoms with Crippen molar-refractivity contribution >= 4 is 46.2 Å². The van der Waals surface area contributed by atoms with Gasteiger partial charge in [-0.05, 0) is 121 Å². The highest BCUT2D eigenvalue weighted by Crippen LogP contribution is 2.45. The second-order valence-corrected chi connectivity index (χ2v) is 18.3. The molecule has 64 heavy (non-hydrogen) atoms. The van der Waals surface area contributed by atoms with Gasteiger partial charge >= 0.3 is 12.2 Å². The van der Waals surface area contributed by atoms with Crippen molar-refractivity contribution in [3.63, 3.8) is 0 Å². The number of aromatic nitrogens is 2. The number of nitrogens with one attached hydrogen (secondary N) is 3. The van der Waals surface area contributed by atoms with Crippen LogP contribution in [0.2, 0.25) is 0 Å². The van der Waals surface area contributed by atoms with Gasteiger partial charge in [-0.25, -0.2) is 14.6 Å².